The number of benzene rings is 1. The van der Waals surface area contributed by atoms with Crippen molar-refractivity contribution >= 4 is 16.9 Å². The fourth-order valence-electron chi connectivity index (χ4n) is 1.72. The number of carbonyl (C=O) groups is 1. The molecule has 2 rings (SSSR count). The molecule has 2 aromatic rings. The number of nitrogens with one attached hydrogen (secondary N) is 1. The minimum absolute atomic E-state index is 0.000312. The third-order valence-corrected chi connectivity index (χ3v) is 2.78. The Labute approximate surface area is 108 Å². The lowest BCUT2D eigenvalue weighted by Crippen LogP contribution is -2.33. The highest BCUT2D eigenvalue weighted by molar-refractivity contribution is 5.81. The first-order valence-corrected chi connectivity index (χ1v) is 5.69. The second-order valence-electron chi connectivity index (χ2n) is 4.21. The molecule has 6 heteroatoms. The van der Waals surface area contributed by atoms with Crippen LogP contribution in [0.15, 0.2) is 33.5 Å². The Balaban J connectivity index is 2.37. The maximum absolute atomic E-state index is 11.4. The van der Waals surface area contributed by atoms with E-state index in [0.717, 1.165) is 0 Å². The van der Waals surface area contributed by atoms with Crippen molar-refractivity contribution in [2.75, 3.05) is 0 Å². The number of phenolic OH excluding ortho intramolecular Hbond substituents is 1. The summed E-state index contributed by atoms with van der Waals surface area (Å²) in [6.45, 7) is 1.74. The molecule has 0 aliphatic rings. The average molecular weight is 263 g/mol. The van der Waals surface area contributed by atoms with Crippen LogP contribution < -0.4 is 10.9 Å². The molecular formula is C13H13NO5. The number of aromatic hydroxyl groups is 1. The molecule has 19 heavy (non-hydrogen) atoms. The molecule has 0 aliphatic heterocycles. The van der Waals surface area contributed by atoms with Crippen LogP contribution in [0.5, 0.6) is 5.75 Å². The number of rotatable bonds is 4. The molecular weight excluding hydrogens is 250 g/mol. The first-order chi connectivity index (χ1) is 8.97. The van der Waals surface area contributed by atoms with Crippen LogP contribution >= 0.6 is 0 Å². The summed E-state index contributed by atoms with van der Waals surface area (Å²) in [5.74, 6) is -0.968. The number of aliphatic carboxylic acids is 1. The standard InChI is InChI=1S/C13H13NO5/c1-7(13(17)18)14-6-8-4-12(16)19-11-5-9(15)2-3-10(8)11/h2-5,7,14-15H,6H2,1H3,(H,17,18)/t7-/m0/s1. The Bertz CT molecular complexity index is 676. The second-order valence-corrected chi connectivity index (χ2v) is 4.21. The highest BCUT2D eigenvalue weighted by Crippen LogP contribution is 2.21. The van der Waals surface area contributed by atoms with Gasteiger partial charge >= 0.3 is 11.6 Å². The Kier molecular flexibility index (Phi) is 3.52. The van der Waals surface area contributed by atoms with E-state index in [2.05, 4.69) is 5.32 Å². The van der Waals surface area contributed by atoms with Crippen molar-refractivity contribution in [3.05, 3.63) is 40.2 Å². The summed E-state index contributed by atoms with van der Waals surface area (Å²) in [7, 11) is 0. The third-order valence-electron chi connectivity index (χ3n) is 2.78. The molecule has 0 unspecified atom stereocenters. The van der Waals surface area contributed by atoms with E-state index >= 15 is 0 Å². The van der Waals surface area contributed by atoms with Crippen LogP contribution in [0.25, 0.3) is 11.0 Å². The van der Waals surface area contributed by atoms with Crippen molar-refractivity contribution in [3.63, 3.8) is 0 Å². The summed E-state index contributed by atoms with van der Waals surface area (Å²) in [5, 5.41) is 21.6. The number of hydrogen-bond acceptors (Lipinski definition) is 5. The highest BCUT2D eigenvalue weighted by atomic mass is 16.4. The first kappa shape index (κ1) is 13.1. The largest absolute Gasteiger partial charge is 0.508 e. The summed E-state index contributed by atoms with van der Waals surface area (Å²) in [4.78, 5) is 22.1. The van der Waals surface area contributed by atoms with E-state index in [0.29, 0.717) is 10.9 Å². The van der Waals surface area contributed by atoms with Gasteiger partial charge in [-0.1, -0.05) is 0 Å². The fourth-order valence-corrected chi connectivity index (χ4v) is 1.72. The predicted molar refractivity (Wildman–Crippen MR) is 68.1 cm³/mol. The third kappa shape index (κ3) is 2.92. The summed E-state index contributed by atoms with van der Waals surface area (Å²) < 4.78 is 4.98. The Hall–Kier alpha value is -2.34. The van der Waals surface area contributed by atoms with Crippen LogP contribution in [0.3, 0.4) is 0 Å². The van der Waals surface area contributed by atoms with Crippen molar-refractivity contribution in [2.24, 2.45) is 0 Å². The minimum atomic E-state index is -0.968. The van der Waals surface area contributed by atoms with E-state index in [1.54, 1.807) is 6.07 Å². The highest BCUT2D eigenvalue weighted by Gasteiger charge is 2.12. The molecule has 0 saturated carbocycles. The van der Waals surface area contributed by atoms with Crippen LogP contribution in [0.2, 0.25) is 0 Å². The number of carboxylic acid groups (broad SMARTS) is 1. The van der Waals surface area contributed by atoms with Crippen LogP contribution in [0.4, 0.5) is 0 Å². The molecule has 0 spiro atoms. The SMILES string of the molecule is C[C@H](NCc1cc(=O)oc2cc(O)ccc12)C(=O)O. The van der Waals surface area contributed by atoms with Gasteiger partial charge in [-0.2, -0.15) is 0 Å². The molecule has 6 nitrogen and oxygen atoms in total. The van der Waals surface area contributed by atoms with Crippen molar-refractivity contribution in [1.82, 2.24) is 5.32 Å². The lowest BCUT2D eigenvalue weighted by Gasteiger charge is -2.10. The van der Waals surface area contributed by atoms with Crippen LogP contribution in [-0.2, 0) is 11.3 Å². The van der Waals surface area contributed by atoms with Gasteiger partial charge < -0.3 is 19.9 Å². The molecule has 0 radical (unpaired) electrons. The summed E-state index contributed by atoms with van der Waals surface area (Å²) >= 11 is 0. The van der Waals surface area contributed by atoms with E-state index in [1.807, 2.05) is 0 Å². The zero-order valence-corrected chi connectivity index (χ0v) is 10.2. The summed E-state index contributed by atoms with van der Waals surface area (Å²) in [6, 6.07) is 5.03. The molecule has 0 fully saturated rings. The molecule has 1 aromatic carbocycles. The Morgan fingerprint density at radius 2 is 2.16 bits per heavy atom. The van der Waals surface area contributed by atoms with Crippen LogP contribution in [0.1, 0.15) is 12.5 Å². The number of phenols is 1. The molecule has 1 atom stereocenters. The predicted octanol–water partition coefficient (Wildman–Crippen LogP) is 1.06. The normalized spacial score (nSPS) is 12.5. The van der Waals surface area contributed by atoms with Crippen molar-refractivity contribution in [2.45, 2.75) is 19.5 Å². The van der Waals surface area contributed by atoms with Gasteiger partial charge in [0.2, 0.25) is 0 Å². The van der Waals surface area contributed by atoms with Crippen LogP contribution in [-0.4, -0.2) is 22.2 Å². The summed E-state index contributed by atoms with van der Waals surface area (Å²) in [6.07, 6.45) is 0. The quantitative estimate of drug-likeness (QED) is 0.713. The number of carboxylic acids is 1. The van der Waals surface area contributed by atoms with Crippen molar-refractivity contribution < 1.29 is 19.4 Å². The first-order valence-electron chi connectivity index (χ1n) is 5.69. The van der Waals surface area contributed by atoms with Gasteiger partial charge in [0.1, 0.15) is 17.4 Å². The maximum atomic E-state index is 11.4. The van der Waals surface area contributed by atoms with E-state index in [-0.39, 0.29) is 17.9 Å². The van der Waals surface area contributed by atoms with Crippen molar-refractivity contribution in [1.29, 1.82) is 0 Å². The van der Waals surface area contributed by atoms with Gasteiger partial charge in [-0.15, -0.1) is 0 Å². The lowest BCUT2D eigenvalue weighted by atomic mass is 10.1. The van der Waals surface area contributed by atoms with Gasteiger partial charge in [-0.25, -0.2) is 4.79 Å². The molecule has 0 bridgehead atoms. The molecule has 100 valence electrons. The van der Waals surface area contributed by atoms with Gasteiger partial charge in [0, 0.05) is 24.1 Å². The Morgan fingerprint density at radius 3 is 2.84 bits per heavy atom. The van der Waals surface area contributed by atoms with Crippen molar-refractivity contribution in [3.8, 4) is 5.75 Å². The Morgan fingerprint density at radius 1 is 1.42 bits per heavy atom. The molecule has 1 aromatic heterocycles. The molecule has 0 amide bonds. The smallest absolute Gasteiger partial charge is 0.336 e. The zero-order chi connectivity index (χ0) is 14.0. The van der Waals surface area contributed by atoms with E-state index in [4.69, 9.17) is 9.52 Å². The van der Waals surface area contributed by atoms with E-state index in [1.165, 1.54) is 25.1 Å². The van der Waals surface area contributed by atoms with E-state index < -0.39 is 17.6 Å². The van der Waals surface area contributed by atoms with Gasteiger partial charge in [0.25, 0.3) is 0 Å². The zero-order valence-electron chi connectivity index (χ0n) is 10.2. The molecule has 0 saturated heterocycles. The average Bonchev–Trinajstić information content (AvgIpc) is 2.34. The number of fused-ring (bicyclic) bond motifs is 1. The molecule has 0 aliphatic carbocycles. The molecule has 3 N–H and O–H groups in total. The lowest BCUT2D eigenvalue weighted by molar-refractivity contribution is -0.139. The van der Waals surface area contributed by atoms with Gasteiger partial charge in [-0.3, -0.25) is 4.79 Å². The van der Waals surface area contributed by atoms with Gasteiger partial charge in [0.05, 0.1) is 0 Å². The van der Waals surface area contributed by atoms with Crippen LogP contribution in [0, 0.1) is 0 Å². The minimum Gasteiger partial charge on any atom is -0.508 e. The molecule has 1 heterocycles. The second kappa shape index (κ2) is 5.11. The van der Waals surface area contributed by atoms with E-state index in [9.17, 15) is 14.7 Å². The fraction of sp³-hybridized carbons (Fsp3) is 0.231. The monoisotopic (exact) mass is 263 g/mol. The maximum Gasteiger partial charge on any atom is 0.336 e. The van der Waals surface area contributed by atoms with Gasteiger partial charge in [-0.05, 0) is 24.6 Å². The van der Waals surface area contributed by atoms with Gasteiger partial charge in [0.15, 0.2) is 0 Å². The summed E-state index contributed by atoms with van der Waals surface area (Å²) in [5.41, 5.74) is 0.351. The number of hydrogen-bond donors (Lipinski definition) is 3. The topological polar surface area (TPSA) is 99.8 Å².